The van der Waals surface area contributed by atoms with Crippen LogP contribution in [0.25, 0.3) is 0 Å². The summed E-state index contributed by atoms with van der Waals surface area (Å²) in [7, 11) is 1.76. The Morgan fingerprint density at radius 2 is 2.12 bits per heavy atom. The van der Waals surface area contributed by atoms with E-state index >= 15 is 0 Å². The Labute approximate surface area is 147 Å². The molecule has 24 heavy (non-hydrogen) atoms. The van der Waals surface area contributed by atoms with Crippen LogP contribution in [0, 0.1) is 6.92 Å². The zero-order valence-corrected chi connectivity index (χ0v) is 14.9. The van der Waals surface area contributed by atoms with Crippen LogP contribution in [0.1, 0.15) is 11.3 Å². The molecule has 0 unspecified atom stereocenters. The highest BCUT2D eigenvalue weighted by Gasteiger charge is 2.14. The van der Waals surface area contributed by atoms with Crippen LogP contribution >= 0.6 is 11.8 Å². The van der Waals surface area contributed by atoms with Crippen LogP contribution in [0.15, 0.2) is 41.0 Å². The van der Waals surface area contributed by atoms with Crippen molar-refractivity contribution in [3.8, 4) is 0 Å². The first kappa shape index (κ1) is 16.8. The van der Waals surface area contributed by atoms with E-state index in [1.165, 1.54) is 17.2 Å². The average Bonchev–Trinajstić information content (AvgIpc) is 3.10. The van der Waals surface area contributed by atoms with E-state index in [0.29, 0.717) is 6.54 Å². The first-order valence-electron chi connectivity index (χ1n) is 8.11. The molecule has 0 atom stereocenters. The molecule has 1 aliphatic rings. The number of rotatable bonds is 4. The van der Waals surface area contributed by atoms with E-state index in [9.17, 15) is 4.79 Å². The topological polar surface area (TPSA) is 48.7 Å². The number of nitrogens with zero attached hydrogens (tertiary/aromatic N) is 2. The number of thioether (sulfide) groups is 1. The molecule has 0 radical (unpaired) electrons. The third-order valence-electron chi connectivity index (χ3n) is 4.15. The second-order valence-corrected chi connectivity index (χ2v) is 7.19. The lowest BCUT2D eigenvalue weighted by Gasteiger charge is -2.29. The van der Waals surface area contributed by atoms with Gasteiger partial charge in [0.25, 0.3) is 0 Å². The maximum Gasteiger partial charge on any atom is 0.322 e. The van der Waals surface area contributed by atoms with Gasteiger partial charge in [-0.3, -0.25) is 0 Å². The molecule has 1 aromatic carbocycles. The number of carbonyl (C=O) groups is 1. The summed E-state index contributed by atoms with van der Waals surface area (Å²) >= 11 is 2.00. The van der Waals surface area contributed by atoms with E-state index in [4.69, 9.17) is 4.42 Å². The number of benzene rings is 1. The first-order valence-corrected chi connectivity index (χ1v) is 9.27. The molecule has 1 saturated heterocycles. The lowest BCUT2D eigenvalue weighted by molar-refractivity contribution is 0.217. The van der Waals surface area contributed by atoms with Gasteiger partial charge >= 0.3 is 6.03 Å². The molecule has 1 aliphatic heterocycles. The molecule has 2 amide bonds. The normalized spacial score (nSPS) is 14.5. The van der Waals surface area contributed by atoms with Crippen molar-refractivity contribution in [3.63, 3.8) is 0 Å². The van der Waals surface area contributed by atoms with Crippen LogP contribution in [0.3, 0.4) is 0 Å². The molecule has 128 valence electrons. The fraction of sp³-hybridized carbons (Fsp3) is 0.389. The van der Waals surface area contributed by atoms with Crippen molar-refractivity contribution in [1.82, 2.24) is 4.90 Å². The molecular formula is C18H23N3O2S. The molecule has 1 N–H and O–H groups in total. The van der Waals surface area contributed by atoms with Crippen LogP contribution in [0.4, 0.5) is 16.2 Å². The van der Waals surface area contributed by atoms with Crippen molar-refractivity contribution in [1.29, 1.82) is 0 Å². The highest BCUT2D eigenvalue weighted by atomic mass is 32.2. The van der Waals surface area contributed by atoms with Gasteiger partial charge in [0, 0.05) is 43.0 Å². The van der Waals surface area contributed by atoms with E-state index in [1.807, 2.05) is 36.9 Å². The Morgan fingerprint density at radius 3 is 2.79 bits per heavy atom. The van der Waals surface area contributed by atoms with E-state index < -0.39 is 0 Å². The average molecular weight is 345 g/mol. The molecule has 0 aliphatic carbocycles. The zero-order chi connectivity index (χ0) is 16.9. The van der Waals surface area contributed by atoms with Crippen molar-refractivity contribution < 1.29 is 9.21 Å². The number of carbonyl (C=O) groups excluding carboxylic acids is 1. The van der Waals surface area contributed by atoms with Crippen molar-refractivity contribution in [2.45, 2.75) is 13.5 Å². The molecule has 2 heterocycles. The third kappa shape index (κ3) is 4.06. The monoisotopic (exact) mass is 345 g/mol. The Bertz CT molecular complexity index is 682. The SMILES string of the molecule is Cc1cc(N2CCSCC2)ccc1NC(=O)N(C)Cc1ccco1. The van der Waals surface area contributed by atoms with Crippen LogP contribution in [0.5, 0.6) is 0 Å². The number of anilines is 2. The molecule has 0 bridgehead atoms. The number of hydrogen-bond acceptors (Lipinski definition) is 4. The number of amides is 2. The van der Waals surface area contributed by atoms with Crippen molar-refractivity contribution in [3.05, 3.63) is 47.9 Å². The minimum absolute atomic E-state index is 0.142. The minimum Gasteiger partial charge on any atom is -0.467 e. The molecular weight excluding hydrogens is 322 g/mol. The van der Waals surface area contributed by atoms with Crippen molar-refractivity contribution in [2.75, 3.05) is 41.9 Å². The largest absolute Gasteiger partial charge is 0.467 e. The molecule has 1 aromatic heterocycles. The van der Waals surface area contributed by atoms with Gasteiger partial charge in [0.15, 0.2) is 0 Å². The Morgan fingerprint density at radius 1 is 1.33 bits per heavy atom. The standard InChI is InChI=1S/C18H23N3O2S/c1-14-12-15(21-7-10-24-11-8-21)5-6-17(14)19-18(22)20(2)13-16-4-3-9-23-16/h3-6,9,12H,7-8,10-11,13H2,1-2H3,(H,19,22). The van der Waals surface area contributed by atoms with Gasteiger partial charge in [0.05, 0.1) is 12.8 Å². The number of urea groups is 1. The number of nitrogens with one attached hydrogen (secondary N) is 1. The minimum atomic E-state index is -0.142. The Kier molecular flexibility index (Phi) is 5.35. The molecule has 0 saturated carbocycles. The Hall–Kier alpha value is -2.08. The lowest BCUT2D eigenvalue weighted by Crippen LogP contribution is -2.32. The lowest BCUT2D eigenvalue weighted by atomic mass is 10.1. The van der Waals surface area contributed by atoms with Crippen LogP contribution in [0.2, 0.25) is 0 Å². The van der Waals surface area contributed by atoms with Gasteiger partial charge in [0.2, 0.25) is 0 Å². The predicted octanol–water partition coefficient (Wildman–Crippen LogP) is 3.81. The summed E-state index contributed by atoms with van der Waals surface area (Å²) in [4.78, 5) is 16.3. The van der Waals surface area contributed by atoms with E-state index in [2.05, 4.69) is 22.3 Å². The highest BCUT2D eigenvalue weighted by molar-refractivity contribution is 7.99. The quantitative estimate of drug-likeness (QED) is 0.915. The summed E-state index contributed by atoms with van der Waals surface area (Å²) in [6.07, 6.45) is 1.61. The third-order valence-corrected chi connectivity index (χ3v) is 5.09. The van der Waals surface area contributed by atoms with Gasteiger partial charge in [-0.25, -0.2) is 4.79 Å². The second kappa shape index (κ2) is 7.66. The fourth-order valence-electron chi connectivity index (χ4n) is 2.73. The summed E-state index contributed by atoms with van der Waals surface area (Å²) in [5, 5.41) is 2.98. The number of hydrogen-bond donors (Lipinski definition) is 1. The number of furan rings is 1. The van der Waals surface area contributed by atoms with Gasteiger partial charge in [0.1, 0.15) is 5.76 Å². The maximum absolute atomic E-state index is 12.3. The van der Waals surface area contributed by atoms with Crippen LogP contribution in [-0.2, 0) is 6.54 Å². The molecule has 3 rings (SSSR count). The smallest absolute Gasteiger partial charge is 0.322 e. The van der Waals surface area contributed by atoms with E-state index in [0.717, 1.165) is 30.1 Å². The number of aryl methyl sites for hydroxylation is 1. The molecule has 2 aromatic rings. The second-order valence-electron chi connectivity index (χ2n) is 5.96. The summed E-state index contributed by atoms with van der Waals surface area (Å²) in [5.74, 6) is 3.12. The summed E-state index contributed by atoms with van der Waals surface area (Å²) in [6.45, 7) is 4.65. The van der Waals surface area contributed by atoms with Crippen LogP contribution in [-0.4, -0.2) is 42.6 Å². The highest BCUT2D eigenvalue weighted by Crippen LogP contribution is 2.25. The zero-order valence-electron chi connectivity index (χ0n) is 14.1. The molecule has 0 spiro atoms. The van der Waals surface area contributed by atoms with Crippen molar-refractivity contribution in [2.24, 2.45) is 0 Å². The van der Waals surface area contributed by atoms with Gasteiger partial charge < -0.3 is 19.5 Å². The summed E-state index contributed by atoms with van der Waals surface area (Å²) in [6, 6.07) is 9.77. The predicted molar refractivity (Wildman–Crippen MR) is 99.9 cm³/mol. The summed E-state index contributed by atoms with van der Waals surface area (Å²) in [5.41, 5.74) is 3.15. The van der Waals surface area contributed by atoms with Gasteiger partial charge in [-0.2, -0.15) is 11.8 Å². The summed E-state index contributed by atoms with van der Waals surface area (Å²) < 4.78 is 5.28. The van der Waals surface area contributed by atoms with Crippen LogP contribution < -0.4 is 10.2 Å². The van der Waals surface area contributed by atoms with E-state index in [-0.39, 0.29) is 6.03 Å². The molecule has 1 fully saturated rings. The van der Waals surface area contributed by atoms with Gasteiger partial charge in [-0.1, -0.05) is 0 Å². The fourth-order valence-corrected chi connectivity index (χ4v) is 3.63. The van der Waals surface area contributed by atoms with Crippen molar-refractivity contribution >= 4 is 29.2 Å². The van der Waals surface area contributed by atoms with Gasteiger partial charge in [-0.05, 0) is 42.8 Å². The Balaban J connectivity index is 1.63. The molecule has 5 nitrogen and oxygen atoms in total. The molecule has 6 heteroatoms. The first-order chi connectivity index (χ1) is 11.6. The van der Waals surface area contributed by atoms with Gasteiger partial charge in [-0.15, -0.1) is 0 Å². The van der Waals surface area contributed by atoms with E-state index in [1.54, 1.807) is 18.2 Å². The maximum atomic E-state index is 12.3.